The molecule has 6 heteroatoms. The van der Waals surface area contributed by atoms with Gasteiger partial charge in [0.05, 0.1) is 16.1 Å². The van der Waals surface area contributed by atoms with Gasteiger partial charge in [-0.2, -0.15) is 0 Å². The first kappa shape index (κ1) is 14.1. The number of anilines is 1. The van der Waals surface area contributed by atoms with Crippen LogP contribution in [0.4, 0.5) is 11.4 Å². The minimum Gasteiger partial charge on any atom is -0.398 e. The third kappa shape index (κ3) is 2.39. The van der Waals surface area contributed by atoms with Gasteiger partial charge in [0.25, 0.3) is 11.6 Å². The molecule has 2 aromatic rings. The number of nitrogens with zero attached hydrogens (tertiary/aromatic N) is 1. The molecule has 1 aliphatic rings. The molecular weight excluding hydrogens is 282 g/mol. The van der Waals surface area contributed by atoms with Crippen LogP contribution in [-0.4, -0.2) is 10.8 Å². The van der Waals surface area contributed by atoms with Gasteiger partial charge in [0.1, 0.15) is 5.56 Å². The van der Waals surface area contributed by atoms with E-state index in [1.54, 1.807) is 0 Å². The standard InChI is InChI=1S/C16H15N3O3/c17-12-7-4-8-13(19(21)22)14(12)15(20)18-16(9-10-16)11-5-2-1-3-6-11/h1-8H,9-10,17H2,(H,18,20). The lowest BCUT2D eigenvalue weighted by Gasteiger charge is -2.18. The molecule has 1 aliphatic carbocycles. The van der Waals surface area contributed by atoms with E-state index in [2.05, 4.69) is 5.32 Å². The molecule has 1 saturated carbocycles. The Kier molecular flexibility index (Phi) is 3.29. The molecule has 1 fully saturated rings. The Hall–Kier alpha value is -2.89. The third-order valence-corrected chi connectivity index (χ3v) is 3.93. The Labute approximate surface area is 127 Å². The number of rotatable bonds is 4. The van der Waals surface area contributed by atoms with E-state index in [0.29, 0.717) is 0 Å². The Morgan fingerprint density at radius 3 is 2.41 bits per heavy atom. The number of carbonyl (C=O) groups excluding carboxylic acids is 1. The van der Waals surface area contributed by atoms with Crippen molar-refractivity contribution in [3.63, 3.8) is 0 Å². The van der Waals surface area contributed by atoms with Crippen molar-refractivity contribution in [1.82, 2.24) is 5.32 Å². The zero-order valence-corrected chi connectivity index (χ0v) is 11.8. The molecule has 2 aromatic carbocycles. The lowest BCUT2D eigenvalue weighted by Crippen LogP contribution is -2.35. The van der Waals surface area contributed by atoms with Crippen molar-refractivity contribution in [2.45, 2.75) is 18.4 Å². The summed E-state index contributed by atoms with van der Waals surface area (Å²) in [7, 11) is 0. The molecular formula is C16H15N3O3. The SMILES string of the molecule is Nc1cccc([N+](=O)[O-])c1C(=O)NC1(c2ccccc2)CC1. The number of nitro benzene ring substituents is 1. The number of nitrogens with two attached hydrogens (primary N) is 1. The van der Waals surface area contributed by atoms with E-state index >= 15 is 0 Å². The van der Waals surface area contributed by atoms with Gasteiger partial charge in [-0.1, -0.05) is 36.4 Å². The van der Waals surface area contributed by atoms with Gasteiger partial charge in [-0.05, 0) is 24.5 Å². The lowest BCUT2D eigenvalue weighted by molar-refractivity contribution is -0.385. The van der Waals surface area contributed by atoms with E-state index in [4.69, 9.17) is 5.73 Å². The van der Waals surface area contributed by atoms with Gasteiger partial charge in [-0.3, -0.25) is 14.9 Å². The minimum atomic E-state index is -0.590. The molecule has 0 radical (unpaired) electrons. The Morgan fingerprint density at radius 1 is 1.14 bits per heavy atom. The van der Waals surface area contributed by atoms with Gasteiger partial charge >= 0.3 is 0 Å². The van der Waals surface area contributed by atoms with Gasteiger partial charge in [-0.15, -0.1) is 0 Å². The Balaban J connectivity index is 1.92. The predicted octanol–water partition coefficient (Wildman–Crippen LogP) is 2.60. The summed E-state index contributed by atoms with van der Waals surface area (Å²) in [6, 6.07) is 13.8. The summed E-state index contributed by atoms with van der Waals surface area (Å²) in [6.45, 7) is 0. The first-order valence-corrected chi connectivity index (χ1v) is 6.94. The average Bonchev–Trinajstić information content (AvgIpc) is 3.28. The number of nitrogens with one attached hydrogen (secondary N) is 1. The van der Waals surface area contributed by atoms with Crippen molar-refractivity contribution < 1.29 is 9.72 Å². The fourth-order valence-electron chi connectivity index (χ4n) is 2.60. The molecule has 3 N–H and O–H groups in total. The van der Waals surface area contributed by atoms with E-state index in [-0.39, 0.29) is 16.9 Å². The van der Waals surface area contributed by atoms with E-state index in [9.17, 15) is 14.9 Å². The van der Waals surface area contributed by atoms with E-state index in [1.807, 2.05) is 30.3 Å². The molecule has 22 heavy (non-hydrogen) atoms. The summed E-state index contributed by atoms with van der Waals surface area (Å²) < 4.78 is 0. The van der Waals surface area contributed by atoms with Crippen molar-refractivity contribution in [1.29, 1.82) is 0 Å². The first-order chi connectivity index (χ1) is 10.5. The number of hydrogen-bond acceptors (Lipinski definition) is 4. The predicted molar refractivity (Wildman–Crippen MR) is 82.3 cm³/mol. The summed E-state index contributed by atoms with van der Waals surface area (Å²) in [6.07, 6.45) is 1.62. The molecule has 1 amide bonds. The highest BCUT2D eigenvalue weighted by Crippen LogP contribution is 2.45. The molecule has 0 saturated heterocycles. The second-order valence-corrected chi connectivity index (χ2v) is 5.40. The van der Waals surface area contributed by atoms with Crippen LogP contribution in [0.25, 0.3) is 0 Å². The van der Waals surface area contributed by atoms with Crippen LogP contribution in [0.2, 0.25) is 0 Å². The lowest BCUT2D eigenvalue weighted by atomic mass is 10.0. The molecule has 0 heterocycles. The number of carbonyl (C=O) groups is 1. The zero-order valence-electron chi connectivity index (χ0n) is 11.8. The smallest absolute Gasteiger partial charge is 0.284 e. The average molecular weight is 297 g/mol. The van der Waals surface area contributed by atoms with Crippen LogP contribution in [0.5, 0.6) is 0 Å². The van der Waals surface area contributed by atoms with Crippen LogP contribution in [0.3, 0.4) is 0 Å². The van der Waals surface area contributed by atoms with Gasteiger partial charge in [-0.25, -0.2) is 0 Å². The molecule has 0 aromatic heterocycles. The number of benzene rings is 2. The summed E-state index contributed by atoms with van der Waals surface area (Å²) in [5, 5.41) is 14.0. The van der Waals surface area contributed by atoms with Crippen LogP contribution >= 0.6 is 0 Å². The molecule has 0 atom stereocenters. The van der Waals surface area contributed by atoms with Crippen molar-refractivity contribution in [3.8, 4) is 0 Å². The highest BCUT2D eigenvalue weighted by Gasteiger charge is 2.46. The normalized spacial score (nSPS) is 15.1. The zero-order chi connectivity index (χ0) is 15.7. The van der Waals surface area contributed by atoms with Crippen LogP contribution in [0.15, 0.2) is 48.5 Å². The second kappa shape index (κ2) is 5.14. The van der Waals surface area contributed by atoms with Crippen LogP contribution in [-0.2, 0) is 5.54 Å². The summed E-state index contributed by atoms with van der Waals surface area (Å²) in [4.78, 5) is 23.0. The number of nitro groups is 1. The summed E-state index contributed by atoms with van der Waals surface area (Å²) in [5.41, 5.74) is 6.09. The number of hydrogen-bond donors (Lipinski definition) is 2. The molecule has 6 nitrogen and oxygen atoms in total. The van der Waals surface area contributed by atoms with Crippen LogP contribution < -0.4 is 11.1 Å². The molecule has 0 aliphatic heterocycles. The van der Waals surface area contributed by atoms with E-state index < -0.39 is 16.4 Å². The molecule has 112 valence electrons. The van der Waals surface area contributed by atoms with Gasteiger partial charge < -0.3 is 11.1 Å². The van der Waals surface area contributed by atoms with Crippen molar-refractivity contribution in [2.24, 2.45) is 0 Å². The number of nitrogen functional groups attached to an aromatic ring is 1. The molecule has 0 unspecified atom stereocenters. The minimum absolute atomic E-state index is 0.0743. The van der Waals surface area contributed by atoms with Gasteiger partial charge in [0.15, 0.2) is 0 Å². The maximum atomic E-state index is 12.5. The third-order valence-electron chi connectivity index (χ3n) is 3.93. The van der Waals surface area contributed by atoms with Crippen LogP contribution in [0.1, 0.15) is 28.8 Å². The number of amides is 1. The highest BCUT2D eigenvalue weighted by molar-refractivity contribution is 6.03. The largest absolute Gasteiger partial charge is 0.398 e. The molecule has 0 spiro atoms. The first-order valence-electron chi connectivity index (χ1n) is 6.94. The maximum absolute atomic E-state index is 12.5. The van der Waals surface area contributed by atoms with Crippen molar-refractivity contribution in [2.75, 3.05) is 5.73 Å². The fraction of sp³-hybridized carbons (Fsp3) is 0.188. The van der Waals surface area contributed by atoms with E-state index in [1.165, 1.54) is 18.2 Å². The van der Waals surface area contributed by atoms with Crippen molar-refractivity contribution >= 4 is 17.3 Å². The molecule has 0 bridgehead atoms. The molecule has 3 rings (SSSR count). The maximum Gasteiger partial charge on any atom is 0.284 e. The quantitative estimate of drug-likeness (QED) is 0.515. The topological polar surface area (TPSA) is 98.3 Å². The second-order valence-electron chi connectivity index (χ2n) is 5.40. The van der Waals surface area contributed by atoms with Crippen LogP contribution in [0, 0.1) is 10.1 Å². The fourth-order valence-corrected chi connectivity index (χ4v) is 2.60. The summed E-state index contributed by atoms with van der Waals surface area (Å²) in [5.74, 6) is -0.508. The monoisotopic (exact) mass is 297 g/mol. The van der Waals surface area contributed by atoms with E-state index in [0.717, 1.165) is 18.4 Å². The van der Waals surface area contributed by atoms with Gasteiger partial charge in [0.2, 0.25) is 0 Å². The van der Waals surface area contributed by atoms with Crippen molar-refractivity contribution in [3.05, 3.63) is 69.8 Å². The Morgan fingerprint density at radius 2 is 1.82 bits per heavy atom. The highest BCUT2D eigenvalue weighted by atomic mass is 16.6. The summed E-state index contributed by atoms with van der Waals surface area (Å²) >= 11 is 0. The Bertz CT molecular complexity index is 740. The van der Waals surface area contributed by atoms with Gasteiger partial charge in [0, 0.05) is 6.07 Å².